The van der Waals surface area contributed by atoms with Crippen LogP contribution in [0.3, 0.4) is 0 Å². The van der Waals surface area contributed by atoms with Gasteiger partial charge in [-0.15, -0.1) is 22.8 Å². The van der Waals surface area contributed by atoms with Crippen LogP contribution in [0.25, 0.3) is 0 Å². The summed E-state index contributed by atoms with van der Waals surface area (Å²) in [4.78, 5) is 10.5. The maximum absolute atomic E-state index is 10.5. The Balaban J connectivity index is 2.67. The van der Waals surface area contributed by atoms with E-state index >= 15 is 0 Å². The molecule has 10 heavy (non-hydrogen) atoms. The summed E-state index contributed by atoms with van der Waals surface area (Å²) in [5.41, 5.74) is 0. The van der Waals surface area contributed by atoms with E-state index in [9.17, 15) is 4.79 Å². The fourth-order valence-electron chi connectivity index (χ4n) is 0.367. The summed E-state index contributed by atoms with van der Waals surface area (Å²) in [6, 6.07) is 0. The molecule has 0 aliphatic carbocycles. The number of hydrogen-bond donors (Lipinski definition) is 1. The lowest BCUT2D eigenvalue weighted by molar-refractivity contribution is -0.109. The SMILES string of the molecule is CC(=O)Sc1nnc(S)s1. The number of hydrogen-bond acceptors (Lipinski definition) is 6. The Morgan fingerprint density at radius 1 is 1.70 bits per heavy atom. The maximum Gasteiger partial charge on any atom is 0.192 e. The van der Waals surface area contributed by atoms with Crippen molar-refractivity contribution in [2.24, 2.45) is 0 Å². The molecule has 0 saturated carbocycles. The Morgan fingerprint density at radius 2 is 2.40 bits per heavy atom. The van der Waals surface area contributed by atoms with Gasteiger partial charge >= 0.3 is 0 Å². The van der Waals surface area contributed by atoms with Crippen molar-refractivity contribution in [3.05, 3.63) is 0 Å². The van der Waals surface area contributed by atoms with Crippen molar-refractivity contribution >= 4 is 40.8 Å². The van der Waals surface area contributed by atoms with Gasteiger partial charge in [-0.1, -0.05) is 11.3 Å². The van der Waals surface area contributed by atoms with Gasteiger partial charge in [0.05, 0.1) is 0 Å². The molecule has 0 aliphatic rings. The van der Waals surface area contributed by atoms with Crippen LogP contribution < -0.4 is 0 Å². The Labute approximate surface area is 71.6 Å². The molecule has 3 nitrogen and oxygen atoms in total. The summed E-state index contributed by atoms with van der Waals surface area (Å²) in [6.07, 6.45) is 0. The minimum Gasteiger partial charge on any atom is -0.287 e. The largest absolute Gasteiger partial charge is 0.287 e. The van der Waals surface area contributed by atoms with Crippen LogP contribution in [0.4, 0.5) is 0 Å². The molecule has 6 heteroatoms. The zero-order valence-corrected chi connectivity index (χ0v) is 7.59. The molecule has 0 N–H and O–H groups in total. The van der Waals surface area contributed by atoms with E-state index in [1.807, 2.05) is 0 Å². The fraction of sp³-hybridized carbons (Fsp3) is 0.250. The second-order valence-electron chi connectivity index (χ2n) is 1.44. The first-order valence-electron chi connectivity index (χ1n) is 2.39. The first-order chi connectivity index (χ1) is 4.68. The Hall–Kier alpha value is -0.0700. The third-order valence-corrected chi connectivity index (χ3v) is 2.55. The van der Waals surface area contributed by atoms with E-state index in [1.54, 1.807) is 0 Å². The van der Waals surface area contributed by atoms with Gasteiger partial charge in [-0.3, -0.25) is 4.79 Å². The van der Waals surface area contributed by atoms with E-state index < -0.39 is 0 Å². The van der Waals surface area contributed by atoms with Crippen molar-refractivity contribution < 1.29 is 4.79 Å². The second-order valence-corrected chi connectivity index (χ2v) is 4.57. The normalized spacial score (nSPS) is 9.80. The van der Waals surface area contributed by atoms with Crippen LogP contribution in [-0.2, 0) is 4.79 Å². The summed E-state index contributed by atoms with van der Waals surface area (Å²) < 4.78 is 1.24. The highest BCUT2D eigenvalue weighted by atomic mass is 32.2. The summed E-state index contributed by atoms with van der Waals surface area (Å²) in [5, 5.41) is 7.34. The van der Waals surface area contributed by atoms with E-state index in [-0.39, 0.29) is 5.12 Å². The molecule has 1 aromatic rings. The first kappa shape index (κ1) is 8.03. The Kier molecular flexibility index (Phi) is 2.70. The number of rotatable bonds is 1. The Morgan fingerprint density at radius 3 is 2.80 bits per heavy atom. The highest BCUT2D eigenvalue weighted by Crippen LogP contribution is 2.24. The van der Waals surface area contributed by atoms with Crippen molar-refractivity contribution in [2.75, 3.05) is 0 Å². The molecule has 0 radical (unpaired) electrons. The third kappa shape index (κ3) is 2.28. The van der Waals surface area contributed by atoms with Gasteiger partial charge in [-0.25, -0.2) is 0 Å². The third-order valence-electron chi connectivity index (χ3n) is 0.627. The predicted molar refractivity (Wildman–Crippen MR) is 43.7 cm³/mol. The first-order valence-corrected chi connectivity index (χ1v) is 4.47. The second kappa shape index (κ2) is 3.36. The zero-order valence-electron chi connectivity index (χ0n) is 5.07. The van der Waals surface area contributed by atoms with E-state index in [0.717, 1.165) is 11.8 Å². The number of carbonyl (C=O) groups is 1. The van der Waals surface area contributed by atoms with Gasteiger partial charge in [0.15, 0.2) is 13.8 Å². The van der Waals surface area contributed by atoms with Gasteiger partial charge in [0, 0.05) is 6.92 Å². The van der Waals surface area contributed by atoms with Crippen molar-refractivity contribution in [1.29, 1.82) is 0 Å². The minimum absolute atomic E-state index is 0.0180. The van der Waals surface area contributed by atoms with Gasteiger partial charge < -0.3 is 0 Å². The summed E-state index contributed by atoms with van der Waals surface area (Å²) in [7, 11) is 0. The average molecular weight is 192 g/mol. The zero-order chi connectivity index (χ0) is 7.56. The van der Waals surface area contributed by atoms with Crippen LogP contribution in [0.15, 0.2) is 8.68 Å². The topological polar surface area (TPSA) is 42.9 Å². The number of carbonyl (C=O) groups excluding carboxylic acids is 1. The van der Waals surface area contributed by atoms with Crippen LogP contribution in [0.2, 0.25) is 0 Å². The van der Waals surface area contributed by atoms with Crippen molar-refractivity contribution in [2.45, 2.75) is 15.6 Å². The van der Waals surface area contributed by atoms with Gasteiger partial charge in [0.2, 0.25) is 0 Å². The smallest absolute Gasteiger partial charge is 0.192 e. The quantitative estimate of drug-likeness (QED) is 0.540. The highest BCUT2D eigenvalue weighted by Gasteiger charge is 2.03. The van der Waals surface area contributed by atoms with Crippen molar-refractivity contribution in [3.63, 3.8) is 0 Å². The van der Waals surface area contributed by atoms with Crippen LogP contribution in [0.5, 0.6) is 0 Å². The molecule has 0 amide bonds. The predicted octanol–water partition coefficient (Wildman–Crippen LogP) is 1.47. The molecular weight excluding hydrogens is 188 g/mol. The lowest BCUT2D eigenvalue weighted by Crippen LogP contribution is -1.79. The molecule has 1 aromatic heterocycles. The standard InChI is InChI=1S/C4H4N2OS3/c1-2(7)9-4-6-5-3(8)10-4/h1H3,(H,5,8). The van der Waals surface area contributed by atoms with Gasteiger partial charge in [-0.05, 0) is 11.8 Å². The molecular formula is C4H4N2OS3. The van der Waals surface area contributed by atoms with E-state index in [0.29, 0.717) is 8.68 Å². The van der Waals surface area contributed by atoms with Crippen LogP contribution >= 0.6 is 35.7 Å². The van der Waals surface area contributed by atoms with Gasteiger partial charge in [0.25, 0.3) is 0 Å². The van der Waals surface area contributed by atoms with E-state index in [1.165, 1.54) is 18.3 Å². The molecule has 0 spiro atoms. The molecule has 0 aliphatic heterocycles. The molecule has 54 valence electrons. The van der Waals surface area contributed by atoms with Gasteiger partial charge in [-0.2, -0.15) is 0 Å². The summed E-state index contributed by atoms with van der Waals surface area (Å²) >= 11 is 6.32. The molecule has 0 fully saturated rings. The van der Waals surface area contributed by atoms with Crippen molar-refractivity contribution in [3.8, 4) is 0 Å². The van der Waals surface area contributed by atoms with E-state index in [2.05, 4.69) is 22.8 Å². The molecule has 0 saturated heterocycles. The number of nitrogens with zero attached hydrogens (tertiary/aromatic N) is 2. The van der Waals surface area contributed by atoms with Crippen LogP contribution in [-0.4, -0.2) is 15.3 Å². The average Bonchev–Trinajstić information content (AvgIpc) is 2.13. The molecule has 0 unspecified atom stereocenters. The fourth-order valence-corrected chi connectivity index (χ4v) is 2.26. The summed E-state index contributed by atoms with van der Waals surface area (Å²) in [5.74, 6) is 0. The molecule has 1 heterocycles. The van der Waals surface area contributed by atoms with Crippen LogP contribution in [0.1, 0.15) is 6.92 Å². The molecule has 1 rings (SSSR count). The molecule has 0 aromatic carbocycles. The maximum atomic E-state index is 10.5. The number of thiol groups is 1. The van der Waals surface area contributed by atoms with Crippen LogP contribution in [0, 0.1) is 0 Å². The molecule has 0 atom stereocenters. The number of aromatic nitrogens is 2. The van der Waals surface area contributed by atoms with Gasteiger partial charge in [0.1, 0.15) is 0 Å². The Bertz CT molecular complexity index is 246. The lowest BCUT2D eigenvalue weighted by Gasteiger charge is -1.82. The minimum atomic E-state index is 0.0180. The highest BCUT2D eigenvalue weighted by molar-refractivity contribution is 8.14. The lowest BCUT2D eigenvalue weighted by atomic mass is 10.9. The summed E-state index contributed by atoms with van der Waals surface area (Å²) in [6.45, 7) is 1.49. The molecule has 0 bridgehead atoms. The van der Waals surface area contributed by atoms with E-state index in [4.69, 9.17) is 0 Å². The van der Waals surface area contributed by atoms with Crippen molar-refractivity contribution in [1.82, 2.24) is 10.2 Å². The number of thioether (sulfide) groups is 1. The monoisotopic (exact) mass is 192 g/mol.